The van der Waals surface area contributed by atoms with Crippen molar-refractivity contribution >= 4 is 0 Å². The molecule has 0 aliphatic heterocycles. The number of fused-ring (bicyclic) bond motifs is 3. The molecule has 3 fully saturated rings. The number of aliphatic hydroxyl groups is 1. The van der Waals surface area contributed by atoms with Crippen LogP contribution < -0.4 is 4.74 Å². The van der Waals surface area contributed by atoms with Crippen LogP contribution in [0.3, 0.4) is 0 Å². The fourth-order valence-electron chi connectivity index (χ4n) is 7.48. The minimum atomic E-state index is -0.0838. The van der Waals surface area contributed by atoms with Gasteiger partial charge >= 0.3 is 0 Å². The average Bonchev–Trinajstić information content (AvgIpc) is 3.11. The lowest BCUT2D eigenvalue weighted by Gasteiger charge is -2.53. The molecule has 1 aromatic rings. The molecule has 23 heavy (non-hydrogen) atoms. The summed E-state index contributed by atoms with van der Waals surface area (Å²) in [5.41, 5.74) is 4.04. The van der Waals surface area contributed by atoms with Gasteiger partial charge in [0.2, 0.25) is 0 Å². The van der Waals surface area contributed by atoms with Gasteiger partial charge in [-0.15, -0.1) is 0 Å². The van der Waals surface area contributed by atoms with E-state index in [2.05, 4.69) is 32.0 Å². The lowest BCUT2D eigenvalue weighted by molar-refractivity contribution is -0.0574. The normalized spacial score (nSPS) is 49.7. The molecule has 0 heterocycles. The second-order valence-corrected chi connectivity index (χ2v) is 9.20. The number of aliphatic hydroxyl groups excluding tert-OH is 1. The molecule has 0 amide bonds. The van der Waals surface area contributed by atoms with E-state index >= 15 is 0 Å². The third-order valence-electron chi connectivity index (χ3n) is 8.59. The van der Waals surface area contributed by atoms with Crippen LogP contribution in [0.15, 0.2) is 18.2 Å². The zero-order valence-corrected chi connectivity index (χ0v) is 14.6. The fraction of sp³-hybridized carbons (Fsp3) is 0.714. The van der Waals surface area contributed by atoms with Crippen molar-refractivity contribution in [1.82, 2.24) is 0 Å². The van der Waals surface area contributed by atoms with Crippen LogP contribution in [-0.4, -0.2) is 18.3 Å². The van der Waals surface area contributed by atoms with Gasteiger partial charge in [0, 0.05) is 0 Å². The molecule has 4 aliphatic rings. The maximum atomic E-state index is 10.8. The minimum Gasteiger partial charge on any atom is -0.497 e. The van der Waals surface area contributed by atoms with Crippen molar-refractivity contribution in [2.24, 2.45) is 22.2 Å². The van der Waals surface area contributed by atoms with Gasteiger partial charge in [0.1, 0.15) is 5.75 Å². The van der Waals surface area contributed by atoms with E-state index in [1.165, 1.54) is 37.7 Å². The third-order valence-corrected chi connectivity index (χ3v) is 8.59. The SMILES string of the molecule is COc1ccc2c(c1)CC[C@@H]1[C@@H]2CC[C@]2(C)[C@H](O)C[C@]3(C)C[C@@]132. The number of aryl methyl sites for hydroxylation is 1. The van der Waals surface area contributed by atoms with Gasteiger partial charge < -0.3 is 9.84 Å². The van der Waals surface area contributed by atoms with Crippen LogP contribution in [0.1, 0.15) is 63.0 Å². The van der Waals surface area contributed by atoms with Crippen molar-refractivity contribution in [3.8, 4) is 5.75 Å². The van der Waals surface area contributed by atoms with E-state index in [-0.39, 0.29) is 11.5 Å². The van der Waals surface area contributed by atoms with Gasteiger partial charge in [0.05, 0.1) is 13.2 Å². The highest BCUT2D eigenvalue weighted by Gasteiger charge is 2.82. The number of rotatable bonds is 1. The minimum absolute atomic E-state index is 0.0838. The highest BCUT2D eigenvalue weighted by Crippen LogP contribution is 2.87. The summed E-state index contributed by atoms with van der Waals surface area (Å²) in [5.74, 6) is 2.46. The van der Waals surface area contributed by atoms with Gasteiger partial charge in [-0.05, 0) is 89.9 Å². The molecule has 0 saturated heterocycles. The summed E-state index contributed by atoms with van der Waals surface area (Å²) in [6.45, 7) is 4.85. The number of methoxy groups -OCH3 is 1. The predicted octanol–water partition coefficient (Wildman–Crippen LogP) is 4.30. The second-order valence-electron chi connectivity index (χ2n) is 9.20. The molecule has 1 spiro atoms. The van der Waals surface area contributed by atoms with Crippen LogP contribution in [0, 0.1) is 22.2 Å². The zero-order chi connectivity index (χ0) is 16.0. The van der Waals surface area contributed by atoms with Crippen molar-refractivity contribution in [3.63, 3.8) is 0 Å². The Labute approximate surface area is 139 Å². The smallest absolute Gasteiger partial charge is 0.119 e. The first kappa shape index (κ1) is 14.3. The third kappa shape index (κ3) is 1.46. The van der Waals surface area contributed by atoms with Gasteiger partial charge in [-0.2, -0.15) is 0 Å². The maximum absolute atomic E-state index is 10.8. The molecule has 0 aromatic heterocycles. The van der Waals surface area contributed by atoms with Crippen molar-refractivity contribution < 1.29 is 9.84 Å². The van der Waals surface area contributed by atoms with Gasteiger partial charge in [0.15, 0.2) is 0 Å². The first-order chi connectivity index (χ1) is 11.0. The summed E-state index contributed by atoms with van der Waals surface area (Å²) in [5, 5.41) is 10.8. The summed E-state index contributed by atoms with van der Waals surface area (Å²) in [4.78, 5) is 0. The highest BCUT2D eigenvalue weighted by atomic mass is 16.5. The van der Waals surface area contributed by atoms with Gasteiger partial charge in [-0.25, -0.2) is 0 Å². The monoisotopic (exact) mass is 312 g/mol. The number of hydrogen-bond acceptors (Lipinski definition) is 2. The Hall–Kier alpha value is -1.02. The molecule has 3 saturated carbocycles. The van der Waals surface area contributed by atoms with E-state index in [1.807, 2.05) is 0 Å². The Bertz CT molecular complexity index is 682. The zero-order valence-electron chi connectivity index (χ0n) is 14.6. The molecule has 124 valence electrons. The first-order valence-corrected chi connectivity index (χ1v) is 9.30. The lowest BCUT2D eigenvalue weighted by atomic mass is 9.52. The number of hydrogen-bond donors (Lipinski definition) is 1. The first-order valence-electron chi connectivity index (χ1n) is 9.30. The van der Waals surface area contributed by atoms with Crippen LogP contribution >= 0.6 is 0 Å². The van der Waals surface area contributed by atoms with Crippen molar-refractivity contribution in [2.45, 2.75) is 64.4 Å². The quantitative estimate of drug-likeness (QED) is 0.837. The van der Waals surface area contributed by atoms with Crippen LogP contribution in [-0.2, 0) is 6.42 Å². The van der Waals surface area contributed by atoms with E-state index in [4.69, 9.17) is 4.74 Å². The van der Waals surface area contributed by atoms with E-state index in [9.17, 15) is 5.11 Å². The van der Waals surface area contributed by atoms with E-state index < -0.39 is 0 Å². The Kier molecular flexibility index (Phi) is 2.58. The molecule has 6 atom stereocenters. The summed E-state index contributed by atoms with van der Waals surface area (Å²) in [6.07, 6.45) is 7.20. The highest BCUT2D eigenvalue weighted by molar-refractivity contribution is 5.43. The molecule has 0 radical (unpaired) electrons. The van der Waals surface area contributed by atoms with Crippen molar-refractivity contribution in [1.29, 1.82) is 0 Å². The molecule has 2 heteroatoms. The van der Waals surface area contributed by atoms with E-state index in [0.717, 1.165) is 18.1 Å². The van der Waals surface area contributed by atoms with Crippen LogP contribution in [0.2, 0.25) is 0 Å². The standard InChI is InChI=1S/C21H28O2/c1-19-11-18(22)20(2)9-8-16-15-6-5-14(23-3)10-13(15)4-7-17(16)21(19,20)12-19/h5-6,10,16-18,22H,4,7-9,11-12H2,1-3H3/t16-,17-,18-,19-,20-,21-/m1/s1. The topological polar surface area (TPSA) is 29.5 Å². The Morgan fingerprint density at radius 3 is 2.83 bits per heavy atom. The molecular weight excluding hydrogens is 284 g/mol. The van der Waals surface area contributed by atoms with E-state index in [1.54, 1.807) is 12.7 Å². The molecule has 2 nitrogen and oxygen atoms in total. The van der Waals surface area contributed by atoms with Crippen molar-refractivity contribution in [2.75, 3.05) is 7.11 Å². The second kappa shape index (κ2) is 4.14. The molecule has 4 aliphatic carbocycles. The van der Waals surface area contributed by atoms with Gasteiger partial charge in [0.25, 0.3) is 0 Å². The number of benzene rings is 1. The Morgan fingerprint density at radius 1 is 1.22 bits per heavy atom. The molecular formula is C21H28O2. The predicted molar refractivity (Wildman–Crippen MR) is 90.7 cm³/mol. The Morgan fingerprint density at radius 2 is 2.04 bits per heavy atom. The maximum Gasteiger partial charge on any atom is 0.119 e. The molecule has 1 aromatic carbocycles. The largest absolute Gasteiger partial charge is 0.497 e. The molecule has 1 N–H and O–H groups in total. The van der Waals surface area contributed by atoms with Crippen LogP contribution in [0.4, 0.5) is 0 Å². The summed E-state index contributed by atoms with van der Waals surface area (Å²) >= 11 is 0. The molecule has 0 unspecified atom stereocenters. The van der Waals surface area contributed by atoms with Gasteiger partial charge in [-0.3, -0.25) is 0 Å². The van der Waals surface area contributed by atoms with Crippen LogP contribution in [0.25, 0.3) is 0 Å². The Balaban J connectivity index is 1.59. The molecule has 0 bridgehead atoms. The summed E-state index contributed by atoms with van der Waals surface area (Å²) in [7, 11) is 1.76. The molecule has 5 rings (SSSR count). The fourth-order valence-corrected chi connectivity index (χ4v) is 7.48. The van der Waals surface area contributed by atoms with Gasteiger partial charge in [-0.1, -0.05) is 19.9 Å². The summed E-state index contributed by atoms with van der Waals surface area (Å²) in [6, 6.07) is 6.73. The number of ether oxygens (including phenoxy) is 1. The summed E-state index contributed by atoms with van der Waals surface area (Å²) < 4.78 is 5.43. The lowest BCUT2D eigenvalue weighted by Crippen LogP contribution is -2.48. The average molecular weight is 312 g/mol. The van der Waals surface area contributed by atoms with E-state index in [0.29, 0.717) is 16.7 Å². The van der Waals surface area contributed by atoms with Crippen LogP contribution in [0.5, 0.6) is 5.75 Å². The van der Waals surface area contributed by atoms with Crippen molar-refractivity contribution in [3.05, 3.63) is 29.3 Å².